The Morgan fingerprint density at radius 2 is 1.89 bits per heavy atom. The molecule has 8 heteroatoms. The van der Waals surface area contributed by atoms with Crippen LogP contribution in [0, 0.1) is 11.3 Å². The summed E-state index contributed by atoms with van der Waals surface area (Å²) in [6, 6.07) is 15.1. The molecule has 6 N–H and O–H groups in total. The molecule has 0 radical (unpaired) electrons. The van der Waals surface area contributed by atoms with Crippen LogP contribution in [-0.2, 0) is 22.4 Å². The van der Waals surface area contributed by atoms with E-state index in [1.165, 1.54) is 30.5 Å². The summed E-state index contributed by atoms with van der Waals surface area (Å²) < 4.78 is 0. The Hall–Kier alpha value is -4.07. The number of amides is 2. The number of allylic oxidation sites excluding steroid dienone is 1. The number of nitrogens with zero attached hydrogens (tertiary/aromatic N) is 1. The van der Waals surface area contributed by atoms with Crippen LogP contribution in [0.15, 0.2) is 71.8 Å². The van der Waals surface area contributed by atoms with Crippen molar-refractivity contribution in [2.75, 3.05) is 25.0 Å². The fraction of sp³-hybridized carbons (Fsp3) is 0.345. The lowest BCUT2D eigenvalue weighted by Gasteiger charge is -2.33. The Morgan fingerprint density at radius 3 is 2.65 bits per heavy atom. The van der Waals surface area contributed by atoms with E-state index >= 15 is 0 Å². The van der Waals surface area contributed by atoms with Gasteiger partial charge in [-0.2, -0.15) is 0 Å². The van der Waals surface area contributed by atoms with Crippen LogP contribution < -0.4 is 16.4 Å². The molecule has 1 unspecified atom stereocenters. The summed E-state index contributed by atoms with van der Waals surface area (Å²) in [6.45, 7) is 2.81. The second-order valence-corrected chi connectivity index (χ2v) is 9.77. The number of carbonyl (C=O) groups excluding carboxylic acids is 2. The van der Waals surface area contributed by atoms with Crippen LogP contribution in [0.4, 0.5) is 5.69 Å². The number of aliphatic hydroxyl groups is 1. The number of carbonyl (C=O) groups is 2. The van der Waals surface area contributed by atoms with Gasteiger partial charge in [-0.1, -0.05) is 36.4 Å². The van der Waals surface area contributed by atoms with Crippen LogP contribution in [0.25, 0.3) is 0 Å². The Kier molecular flexibility index (Phi) is 8.28. The standard InChI is InChI=1S/C29H35N5O3/c1-19(35)27(28(31)22-8-3-2-4-9-22)29(37)34-14-6-7-20(18-34)17-32-26(36)16-25(30)33-24-13-12-21-10-5-11-23(21)15-24/h2-4,8-9,12-13,15-16,20,31,33,35H,5-7,10-11,14,17-18,30H2,1H3,(H,32,36)/b25-16+,27-19+,31-28?. The molecule has 8 nitrogen and oxygen atoms in total. The quantitative estimate of drug-likeness (QED) is 0.214. The molecule has 1 heterocycles. The van der Waals surface area contributed by atoms with E-state index in [0.717, 1.165) is 31.4 Å². The Balaban J connectivity index is 1.31. The number of hydrogen-bond acceptors (Lipinski definition) is 6. The lowest BCUT2D eigenvalue weighted by atomic mass is 9.95. The number of nitrogens with one attached hydrogen (secondary N) is 3. The van der Waals surface area contributed by atoms with E-state index in [0.29, 0.717) is 25.2 Å². The van der Waals surface area contributed by atoms with Gasteiger partial charge in [-0.3, -0.25) is 15.0 Å². The van der Waals surface area contributed by atoms with E-state index in [1.54, 1.807) is 29.2 Å². The summed E-state index contributed by atoms with van der Waals surface area (Å²) in [5.41, 5.74) is 10.2. The molecular formula is C29H35N5O3. The van der Waals surface area contributed by atoms with Crippen molar-refractivity contribution in [2.45, 2.75) is 39.0 Å². The summed E-state index contributed by atoms with van der Waals surface area (Å²) in [6.07, 6.45) is 6.34. The van der Waals surface area contributed by atoms with Gasteiger partial charge in [0.25, 0.3) is 5.91 Å². The zero-order chi connectivity index (χ0) is 26.4. The van der Waals surface area contributed by atoms with Gasteiger partial charge >= 0.3 is 0 Å². The number of likely N-dealkylation sites (tertiary alicyclic amines) is 1. The number of fused-ring (bicyclic) bond motifs is 1. The molecule has 194 valence electrons. The number of piperidine rings is 1. The molecule has 0 bridgehead atoms. The Bertz CT molecular complexity index is 1230. The SMILES string of the molecule is C/C(O)=C(/C(=N)c1ccccc1)C(=O)N1CCCC(CNC(=O)/C=C(\N)Nc2ccc3c(c2)CCC3)C1. The first-order valence-corrected chi connectivity index (χ1v) is 12.8. The molecule has 2 aromatic carbocycles. The van der Waals surface area contributed by atoms with E-state index < -0.39 is 0 Å². The van der Waals surface area contributed by atoms with Crippen LogP contribution in [0.1, 0.15) is 42.9 Å². The van der Waals surface area contributed by atoms with Gasteiger partial charge in [-0.15, -0.1) is 0 Å². The Labute approximate surface area is 217 Å². The number of benzene rings is 2. The van der Waals surface area contributed by atoms with Gasteiger partial charge < -0.3 is 26.4 Å². The first kappa shape index (κ1) is 26.0. The molecule has 1 atom stereocenters. The van der Waals surface area contributed by atoms with Crippen LogP contribution >= 0.6 is 0 Å². The first-order valence-electron chi connectivity index (χ1n) is 12.8. The number of aliphatic hydroxyl groups excluding tert-OH is 1. The predicted octanol–water partition coefficient (Wildman–Crippen LogP) is 3.64. The third kappa shape index (κ3) is 6.58. The monoisotopic (exact) mass is 501 g/mol. The van der Waals surface area contributed by atoms with Crippen molar-refractivity contribution in [1.29, 1.82) is 5.41 Å². The molecule has 0 aromatic heterocycles. The molecule has 1 aliphatic heterocycles. The summed E-state index contributed by atoms with van der Waals surface area (Å²) in [5, 5.41) is 24.7. The molecule has 1 fully saturated rings. The van der Waals surface area contributed by atoms with Crippen molar-refractivity contribution >= 4 is 23.2 Å². The minimum absolute atomic E-state index is 0.00231. The normalized spacial score (nSPS) is 18.0. The number of rotatable bonds is 8. The maximum absolute atomic E-state index is 13.3. The first-order chi connectivity index (χ1) is 17.8. The van der Waals surface area contributed by atoms with E-state index in [2.05, 4.69) is 22.8 Å². The summed E-state index contributed by atoms with van der Waals surface area (Å²) in [5.74, 6) is -0.513. The number of nitrogens with two attached hydrogens (primary N) is 1. The smallest absolute Gasteiger partial charge is 0.259 e. The summed E-state index contributed by atoms with van der Waals surface area (Å²) in [7, 11) is 0. The van der Waals surface area contributed by atoms with Crippen molar-refractivity contribution in [3.8, 4) is 0 Å². The van der Waals surface area contributed by atoms with Crippen molar-refractivity contribution < 1.29 is 14.7 Å². The zero-order valence-electron chi connectivity index (χ0n) is 21.2. The zero-order valence-corrected chi connectivity index (χ0v) is 21.2. The predicted molar refractivity (Wildman–Crippen MR) is 145 cm³/mol. The topological polar surface area (TPSA) is 132 Å². The highest BCUT2D eigenvalue weighted by Crippen LogP contribution is 2.25. The molecule has 1 aliphatic carbocycles. The van der Waals surface area contributed by atoms with Gasteiger partial charge in [0, 0.05) is 37.0 Å². The highest BCUT2D eigenvalue weighted by atomic mass is 16.3. The van der Waals surface area contributed by atoms with Crippen LogP contribution in [-0.4, -0.2) is 47.2 Å². The number of aryl methyl sites for hydroxylation is 2. The molecular weight excluding hydrogens is 466 g/mol. The molecule has 2 amide bonds. The van der Waals surface area contributed by atoms with Gasteiger partial charge in [0.05, 0.1) is 5.71 Å². The van der Waals surface area contributed by atoms with Crippen molar-refractivity contribution in [3.63, 3.8) is 0 Å². The second-order valence-electron chi connectivity index (χ2n) is 9.77. The second kappa shape index (κ2) is 11.8. The Morgan fingerprint density at radius 1 is 1.14 bits per heavy atom. The van der Waals surface area contributed by atoms with E-state index in [1.807, 2.05) is 12.1 Å². The van der Waals surface area contributed by atoms with Crippen LogP contribution in [0.2, 0.25) is 0 Å². The van der Waals surface area contributed by atoms with Crippen LogP contribution in [0.3, 0.4) is 0 Å². The molecule has 4 rings (SSSR count). The third-order valence-corrected chi connectivity index (χ3v) is 6.93. The van der Waals surface area contributed by atoms with Gasteiger partial charge in [0.15, 0.2) is 0 Å². The van der Waals surface area contributed by atoms with Crippen molar-refractivity contribution in [2.24, 2.45) is 11.7 Å². The minimum atomic E-state index is -0.368. The molecule has 37 heavy (non-hydrogen) atoms. The number of hydrogen-bond donors (Lipinski definition) is 5. The lowest BCUT2D eigenvalue weighted by molar-refractivity contribution is -0.128. The molecule has 1 saturated heterocycles. The van der Waals surface area contributed by atoms with Crippen molar-refractivity contribution in [1.82, 2.24) is 10.2 Å². The maximum atomic E-state index is 13.3. The summed E-state index contributed by atoms with van der Waals surface area (Å²) in [4.78, 5) is 27.4. The fourth-order valence-electron chi connectivity index (χ4n) is 5.06. The highest BCUT2D eigenvalue weighted by Gasteiger charge is 2.29. The largest absolute Gasteiger partial charge is 0.512 e. The fourth-order valence-corrected chi connectivity index (χ4v) is 5.06. The van der Waals surface area contributed by atoms with Gasteiger partial charge in [0.1, 0.15) is 17.2 Å². The highest BCUT2D eigenvalue weighted by molar-refractivity contribution is 6.27. The molecule has 2 aromatic rings. The minimum Gasteiger partial charge on any atom is -0.512 e. The maximum Gasteiger partial charge on any atom is 0.259 e. The van der Waals surface area contributed by atoms with E-state index in [4.69, 9.17) is 11.1 Å². The van der Waals surface area contributed by atoms with Crippen LogP contribution in [0.5, 0.6) is 0 Å². The van der Waals surface area contributed by atoms with Crippen molar-refractivity contribution in [3.05, 3.63) is 88.5 Å². The van der Waals surface area contributed by atoms with Gasteiger partial charge in [0.2, 0.25) is 5.91 Å². The summed E-state index contributed by atoms with van der Waals surface area (Å²) >= 11 is 0. The molecule has 0 saturated carbocycles. The average molecular weight is 502 g/mol. The average Bonchev–Trinajstić information content (AvgIpc) is 3.36. The van der Waals surface area contributed by atoms with Gasteiger partial charge in [-0.25, -0.2) is 0 Å². The lowest BCUT2D eigenvalue weighted by Crippen LogP contribution is -2.45. The molecule has 0 spiro atoms. The van der Waals surface area contributed by atoms with E-state index in [9.17, 15) is 14.7 Å². The molecule has 2 aliphatic rings. The third-order valence-electron chi connectivity index (χ3n) is 6.93. The van der Waals surface area contributed by atoms with E-state index in [-0.39, 0.29) is 40.6 Å². The van der Waals surface area contributed by atoms with Gasteiger partial charge in [-0.05, 0) is 68.2 Å². The number of anilines is 1.